The molecular weight excluding hydrogens is 236 g/mol. The van der Waals surface area contributed by atoms with E-state index in [9.17, 15) is 4.79 Å². The summed E-state index contributed by atoms with van der Waals surface area (Å²) in [5.41, 5.74) is 3.31. The SMILES string of the molecule is CCCCC1=C(c2cccc(OCC)c2)C(=O)CC1. The van der Waals surface area contributed by atoms with Crippen LogP contribution in [0.2, 0.25) is 0 Å². The molecule has 0 radical (unpaired) electrons. The van der Waals surface area contributed by atoms with Crippen molar-refractivity contribution in [3.05, 3.63) is 35.4 Å². The highest BCUT2D eigenvalue weighted by atomic mass is 16.5. The van der Waals surface area contributed by atoms with E-state index in [1.165, 1.54) is 12.0 Å². The van der Waals surface area contributed by atoms with Crippen molar-refractivity contribution in [2.75, 3.05) is 6.61 Å². The highest BCUT2D eigenvalue weighted by molar-refractivity contribution is 6.23. The van der Waals surface area contributed by atoms with Crippen molar-refractivity contribution in [1.82, 2.24) is 0 Å². The first-order valence-corrected chi connectivity index (χ1v) is 7.24. The minimum Gasteiger partial charge on any atom is -0.494 e. The summed E-state index contributed by atoms with van der Waals surface area (Å²) in [7, 11) is 0. The molecule has 1 aliphatic rings. The average Bonchev–Trinajstić information content (AvgIpc) is 2.78. The van der Waals surface area contributed by atoms with Gasteiger partial charge in [0, 0.05) is 12.0 Å². The third-order valence-electron chi connectivity index (χ3n) is 3.55. The van der Waals surface area contributed by atoms with Gasteiger partial charge in [-0.05, 0) is 43.9 Å². The third-order valence-corrected chi connectivity index (χ3v) is 3.55. The maximum Gasteiger partial charge on any atom is 0.163 e. The van der Waals surface area contributed by atoms with Crippen LogP contribution < -0.4 is 4.74 Å². The Bertz CT molecular complexity index is 486. The summed E-state index contributed by atoms with van der Waals surface area (Å²) >= 11 is 0. The predicted octanol–water partition coefficient (Wildman–Crippen LogP) is 4.39. The molecule has 0 spiro atoms. The van der Waals surface area contributed by atoms with Crippen molar-refractivity contribution in [3.8, 4) is 5.75 Å². The Kier molecular flexibility index (Phi) is 4.78. The molecule has 0 amide bonds. The molecule has 0 aromatic heterocycles. The number of hydrogen-bond donors (Lipinski definition) is 0. The van der Waals surface area contributed by atoms with Gasteiger partial charge in [-0.15, -0.1) is 0 Å². The summed E-state index contributed by atoms with van der Waals surface area (Å²) in [6.45, 7) is 4.81. The lowest BCUT2D eigenvalue weighted by Gasteiger charge is -2.09. The molecule has 2 rings (SSSR count). The zero-order chi connectivity index (χ0) is 13.7. The first-order chi connectivity index (χ1) is 9.26. The van der Waals surface area contributed by atoms with Crippen molar-refractivity contribution in [3.63, 3.8) is 0 Å². The molecule has 0 atom stereocenters. The predicted molar refractivity (Wildman–Crippen MR) is 78.3 cm³/mol. The van der Waals surface area contributed by atoms with E-state index in [-0.39, 0.29) is 0 Å². The van der Waals surface area contributed by atoms with Gasteiger partial charge in [0.05, 0.1) is 6.61 Å². The summed E-state index contributed by atoms with van der Waals surface area (Å²) in [6.07, 6.45) is 5.00. The van der Waals surface area contributed by atoms with Crippen LogP contribution in [0.4, 0.5) is 0 Å². The lowest BCUT2D eigenvalue weighted by Crippen LogP contribution is -1.98. The zero-order valence-corrected chi connectivity index (χ0v) is 11.9. The Morgan fingerprint density at radius 3 is 2.79 bits per heavy atom. The zero-order valence-electron chi connectivity index (χ0n) is 11.9. The molecule has 1 aliphatic carbocycles. The second-order valence-corrected chi connectivity index (χ2v) is 4.97. The molecule has 0 heterocycles. The quantitative estimate of drug-likeness (QED) is 0.756. The lowest BCUT2D eigenvalue weighted by molar-refractivity contribution is -0.113. The van der Waals surface area contributed by atoms with Crippen LogP contribution in [0.25, 0.3) is 5.57 Å². The number of rotatable bonds is 6. The Morgan fingerprint density at radius 2 is 2.05 bits per heavy atom. The standard InChI is InChI=1S/C17H22O2/c1-3-5-7-13-10-11-16(18)17(13)14-8-6-9-15(12-14)19-4-2/h6,8-9,12H,3-5,7,10-11H2,1-2H3. The number of unbranched alkanes of at least 4 members (excludes halogenated alkanes) is 1. The second-order valence-electron chi connectivity index (χ2n) is 4.97. The van der Waals surface area contributed by atoms with Gasteiger partial charge < -0.3 is 4.74 Å². The number of hydrogen-bond acceptors (Lipinski definition) is 2. The topological polar surface area (TPSA) is 26.3 Å². The van der Waals surface area contributed by atoms with E-state index in [1.54, 1.807) is 0 Å². The number of benzene rings is 1. The summed E-state index contributed by atoms with van der Waals surface area (Å²) < 4.78 is 5.52. The van der Waals surface area contributed by atoms with Crippen LogP contribution >= 0.6 is 0 Å². The smallest absolute Gasteiger partial charge is 0.163 e. The van der Waals surface area contributed by atoms with Crippen LogP contribution in [0, 0.1) is 0 Å². The molecule has 0 fully saturated rings. The molecule has 2 nitrogen and oxygen atoms in total. The van der Waals surface area contributed by atoms with E-state index in [1.807, 2.05) is 31.2 Å². The van der Waals surface area contributed by atoms with Gasteiger partial charge in [0.15, 0.2) is 5.78 Å². The number of allylic oxidation sites excluding steroid dienone is 2. The molecule has 0 aliphatic heterocycles. The molecule has 1 aromatic rings. The van der Waals surface area contributed by atoms with Crippen LogP contribution in [0.1, 0.15) is 51.5 Å². The van der Waals surface area contributed by atoms with Crippen LogP contribution in [0.15, 0.2) is 29.8 Å². The van der Waals surface area contributed by atoms with E-state index in [4.69, 9.17) is 4.74 Å². The van der Waals surface area contributed by atoms with Gasteiger partial charge in [-0.1, -0.05) is 31.1 Å². The van der Waals surface area contributed by atoms with Gasteiger partial charge in [-0.25, -0.2) is 0 Å². The fourth-order valence-corrected chi connectivity index (χ4v) is 2.62. The van der Waals surface area contributed by atoms with Gasteiger partial charge in [-0.3, -0.25) is 4.79 Å². The van der Waals surface area contributed by atoms with Crippen molar-refractivity contribution in [2.24, 2.45) is 0 Å². The molecule has 0 saturated carbocycles. The number of carbonyl (C=O) groups is 1. The van der Waals surface area contributed by atoms with Gasteiger partial charge in [0.25, 0.3) is 0 Å². The minimum absolute atomic E-state index is 0.291. The Labute approximate surface area is 115 Å². The van der Waals surface area contributed by atoms with Crippen molar-refractivity contribution in [1.29, 1.82) is 0 Å². The van der Waals surface area contributed by atoms with Crippen LogP contribution in [0.5, 0.6) is 5.75 Å². The van der Waals surface area contributed by atoms with Gasteiger partial charge in [0.1, 0.15) is 5.75 Å². The number of ketones is 1. The van der Waals surface area contributed by atoms with Crippen molar-refractivity contribution in [2.45, 2.75) is 46.0 Å². The van der Waals surface area contributed by atoms with Crippen LogP contribution in [0.3, 0.4) is 0 Å². The highest BCUT2D eigenvalue weighted by Crippen LogP contribution is 2.35. The molecule has 0 N–H and O–H groups in total. The molecular formula is C17H22O2. The molecule has 0 unspecified atom stereocenters. The fourth-order valence-electron chi connectivity index (χ4n) is 2.62. The molecule has 0 bridgehead atoms. The van der Waals surface area contributed by atoms with E-state index >= 15 is 0 Å². The van der Waals surface area contributed by atoms with Crippen molar-refractivity contribution < 1.29 is 9.53 Å². The number of ether oxygens (including phenoxy) is 1. The van der Waals surface area contributed by atoms with E-state index in [0.717, 1.165) is 36.1 Å². The third kappa shape index (κ3) is 3.25. The largest absolute Gasteiger partial charge is 0.494 e. The fraction of sp³-hybridized carbons (Fsp3) is 0.471. The summed E-state index contributed by atoms with van der Waals surface area (Å²) in [4.78, 5) is 12.1. The molecule has 2 heteroatoms. The Morgan fingerprint density at radius 1 is 1.21 bits per heavy atom. The maximum atomic E-state index is 12.1. The maximum absolute atomic E-state index is 12.1. The first kappa shape index (κ1) is 13.9. The van der Waals surface area contributed by atoms with Gasteiger partial charge >= 0.3 is 0 Å². The molecule has 0 saturated heterocycles. The molecule has 19 heavy (non-hydrogen) atoms. The van der Waals surface area contributed by atoms with Gasteiger partial charge in [0.2, 0.25) is 0 Å². The minimum atomic E-state index is 0.291. The van der Waals surface area contributed by atoms with Crippen LogP contribution in [-0.2, 0) is 4.79 Å². The number of carbonyl (C=O) groups excluding carboxylic acids is 1. The average molecular weight is 258 g/mol. The Hall–Kier alpha value is -1.57. The molecule has 102 valence electrons. The second kappa shape index (κ2) is 6.55. The van der Waals surface area contributed by atoms with E-state index < -0.39 is 0 Å². The van der Waals surface area contributed by atoms with Gasteiger partial charge in [-0.2, -0.15) is 0 Å². The monoisotopic (exact) mass is 258 g/mol. The summed E-state index contributed by atoms with van der Waals surface area (Å²) in [5, 5.41) is 0. The first-order valence-electron chi connectivity index (χ1n) is 7.24. The Balaban J connectivity index is 2.30. The normalized spacial score (nSPS) is 15.2. The van der Waals surface area contributed by atoms with E-state index in [0.29, 0.717) is 18.8 Å². The highest BCUT2D eigenvalue weighted by Gasteiger charge is 2.23. The number of Topliss-reactive ketones (excluding diaryl/α,β-unsaturated/α-hetero) is 1. The molecule has 1 aromatic carbocycles. The van der Waals surface area contributed by atoms with Crippen LogP contribution in [-0.4, -0.2) is 12.4 Å². The summed E-state index contributed by atoms with van der Waals surface area (Å²) in [5.74, 6) is 1.14. The lowest BCUT2D eigenvalue weighted by atomic mass is 9.98. The van der Waals surface area contributed by atoms with Crippen molar-refractivity contribution >= 4 is 11.4 Å². The summed E-state index contributed by atoms with van der Waals surface area (Å²) in [6, 6.07) is 7.93. The van der Waals surface area contributed by atoms with E-state index in [2.05, 4.69) is 6.92 Å².